The Morgan fingerprint density at radius 3 is 2.42 bits per heavy atom. The molecule has 110 valence electrons. The molecule has 0 aromatic rings. The maximum absolute atomic E-state index is 11.6. The summed E-state index contributed by atoms with van der Waals surface area (Å²) in [6.45, 7) is 3.10. The highest BCUT2D eigenvalue weighted by atomic mass is 16.2. The average molecular weight is 270 g/mol. The largest absolute Gasteiger partial charge is 0.354 e. The Bertz CT molecular complexity index is 288. The fraction of sp³-hybridized carbons (Fsp3) is 0.846. The molecule has 6 heteroatoms. The third kappa shape index (κ3) is 7.00. The second-order valence-corrected chi connectivity index (χ2v) is 5.21. The molecule has 0 unspecified atom stereocenters. The van der Waals surface area contributed by atoms with Crippen molar-refractivity contribution < 1.29 is 9.59 Å². The first-order valence-corrected chi connectivity index (χ1v) is 7.02. The summed E-state index contributed by atoms with van der Waals surface area (Å²) in [5.41, 5.74) is 0. The van der Waals surface area contributed by atoms with Crippen LogP contribution in [-0.4, -0.2) is 57.1 Å². The molecule has 0 saturated carbocycles. The molecule has 0 aliphatic carbocycles. The van der Waals surface area contributed by atoms with Crippen LogP contribution in [0.25, 0.3) is 0 Å². The van der Waals surface area contributed by atoms with E-state index in [9.17, 15) is 9.59 Å². The van der Waals surface area contributed by atoms with Gasteiger partial charge in [-0.05, 0) is 38.3 Å². The maximum Gasteiger partial charge on any atom is 0.316 e. The van der Waals surface area contributed by atoms with Gasteiger partial charge in [-0.3, -0.25) is 4.79 Å². The van der Waals surface area contributed by atoms with Crippen molar-refractivity contribution in [3.8, 4) is 0 Å². The molecule has 1 aliphatic heterocycles. The van der Waals surface area contributed by atoms with Crippen LogP contribution >= 0.6 is 0 Å². The SMILES string of the molecule is CN(C)C(=O)NCCNC(=O)CCC1CCNCC1. The van der Waals surface area contributed by atoms with Crippen molar-refractivity contribution >= 4 is 11.9 Å². The molecule has 1 heterocycles. The number of hydrogen-bond donors (Lipinski definition) is 3. The zero-order valence-corrected chi connectivity index (χ0v) is 12.0. The van der Waals surface area contributed by atoms with Gasteiger partial charge >= 0.3 is 6.03 Å². The van der Waals surface area contributed by atoms with Crippen molar-refractivity contribution in [3.05, 3.63) is 0 Å². The molecule has 0 radical (unpaired) electrons. The number of carbonyl (C=O) groups is 2. The van der Waals surface area contributed by atoms with Gasteiger partial charge in [0.05, 0.1) is 0 Å². The molecule has 0 spiro atoms. The number of piperidine rings is 1. The second kappa shape index (κ2) is 8.74. The van der Waals surface area contributed by atoms with E-state index in [1.165, 1.54) is 17.7 Å². The molecule has 1 fully saturated rings. The van der Waals surface area contributed by atoms with Crippen molar-refractivity contribution in [1.29, 1.82) is 0 Å². The Kier molecular flexibility index (Phi) is 7.25. The predicted octanol–water partition coefficient (Wildman–Crippen LogP) is 0.154. The first-order valence-electron chi connectivity index (χ1n) is 7.02. The highest BCUT2D eigenvalue weighted by molar-refractivity contribution is 5.76. The number of urea groups is 1. The van der Waals surface area contributed by atoms with Crippen molar-refractivity contribution in [1.82, 2.24) is 20.9 Å². The highest BCUT2D eigenvalue weighted by Crippen LogP contribution is 2.17. The Morgan fingerprint density at radius 2 is 1.79 bits per heavy atom. The molecule has 0 bridgehead atoms. The van der Waals surface area contributed by atoms with E-state index in [4.69, 9.17) is 0 Å². The molecule has 3 amide bonds. The number of nitrogens with one attached hydrogen (secondary N) is 3. The molecule has 3 N–H and O–H groups in total. The monoisotopic (exact) mass is 270 g/mol. The van der Waals surface area contributed by atoms with Crippen molar-refractivity contribution in [2.24, 2.45) is 5.92 Å². The maximum atomic E-state index is 11.6. The van der Waals surface area contributed by atoms with Crippen LogP contribution in [0.5, 0.6) is 0 Å². The van der Waals surface area contributed by atoms with E-state index in [0.717, 1.165) is 19.5 Å². The smallest absolute Gasteiger partial charge is 0.316 e. The fourth-order valence-electron chi connectivity index (χ4n) is 2.12. The van der Waals surface area contributed by atoms with Gasteiger partial charge in [0, 0.05) is 33.6 Å². The van der Waals surface area contributed by atoms with Crippen molar-refractivity contribution in [3.63, 3.8) is 0 Å². The first kappa shape index (κ1) is 15.8. The Morgan fingerprint density at radius 1 is 1.16 bits per heavy atom. The van der Waals surface area contributed by atoms with Crippen LogP contribution in [0.1, 0.15) is 25.7 Å². The van der Waals surface area contributed by atoms with E-state index in [1.54, 1.807) is 14.1 Å². The third-order valence-electron chi connectivity index (χ3n) is 3.37. The van der Waals surface area contributed by atoms with Gasteiger partial charge in [-0.1, -0.05) is 0 Å². The van der Waals surface area contributed by atoms with Crippen LogP contribution in [0.15, 0.2) is 0 Å². The summed E-state index contributed by atoms with van der Waals surface area (Å²) in [6.07, 6.45) is 3.90. The van der Waals surface area contributed by atoms with E-state index in [2.05, 4.69) is 16.0 Å². The Hall–Kier alpha value is -1.30. The van der Waals surface area contributed by atoms with Gasteiger partial charge < -0.3 is 20.9 Å². The molecule has 0 atom stereocenters. The third-order valence-corrected chi connectivity index (χ3v) is 3.37. The minimum absolute atomic E-state index is 0.0811. The van der Waals surface area contributed by atoms with Crippen LogP contribution in [-0.2, 0) is 4.79 Å². The van der Waals surface area contributed by atoms with E-state index in [0.29, 0.717) is 25.4 Å². The molecule has 1 saturated heterocycles. The van der Waals surface area contributed by atoms with Gasteiger partial charge in [-0.2, -0.15) is 0 Å². The number of hydrogen-bond acceptors (Lipinski definition) is 3. The quantitative estimate of drug-likeness (QED) is 0.602. The molecule has 1 rings (SSSR count). The molecule has 0 aromatic carbocycles. The van der Waals surface area contributed by atoms with Gasteiger partial charge in [-0.25, -0.2) is 4.79 Å². The molecule has 1 aliphatic rings. The topological polar surface area (TPSA) is 73.5 Å². The summed E-state index contributed by atoms with van der Waals surface area (Å²) in [5.74, 6) is 0.762. The van der Waals surface area contributed by atoms with Crippen LogP contribution in [0.3, 0.4) is 0 Å². The average Bonchev–Trinajstić information content (AvgIpc) is 2.42. The van der Waals surface area contributed by atoms with Crippen LogP contribution in [0, 0.1) is 5.92 Å². The zero-order chi connectivity index (χ0) is 14.1. The summed E-state index contributed by atoms with van der Waals surface area (Å²) in [6, 6.07) is -0.135. The highest BCUT2D eigenvalue weighted by Gasteiger charge is 2.14. The minimum Gasteiger partial charge on any atom is -0.354 e. The van der Waals surface area contributed by atoms with E-state index >= 15 is 0 Å². The summed E-state index contributed by atoms with van der Waals surface area (Å²) >= 11 is 0. The van der Waals surface area contributed by atoms with Gasteiger partial charge in [0.2, 0.25) is 5.91 Å². The summed E-state index contributed by atoms with van der Waals surface area (Å²) in [4.78, 5) is 24.3. The fourth-order valence-corrected chi connectivity index (χ4v) is 2.12. The van der Waals surface area contributed by atoms with Crippen LogP contribution in [0.4, 0.5) is 4.79 Å². The van der Waals surface area contributed by atoms with E-state index < -0.39 is 0 Å². The molecular formula is C13H26N4O2. The van der Waals surface area contributed by atoms with E-state index in [1.807, 2.05) is 0 Å². The Labute approximate surface area is 115 Å². The summed E-state index contributed by atoms with van der Waals surface area (Å²) < 4.78 is 0. The lowest BCUT2D eigenvalue weighted by Crippen LogP contribution is -2.39. The van der Waals surface area contributed by atoms with E-state index in [-0.39, 0.29) is 11.9 Å². The first-order chi connectivity index (χ1) is 9.09. The number of carbonyl (C=O) groups excluding carboxylic acids is 2. The molecular weight excluding hydrogens is 244 g/mol. The standard InChI is InChI=1S/C13H26N4O2/c1-17(2)13(19)16-10-9-15-12(18)4-3-11-5-7-14-8-6-11/h11,14H,3-10H2,1-2H3,(H,15,18)(H,16,19). The van der Waals surface area contributed by atoms with Crippen molar-refractivity contribution in [2.75, 3.05) is 40.3 Å². The van der Waals surface area contributed by atoms with Crippen molar-refractivity contribution in [2.45, 2.75) is 25.7 Å². The van der Waals surface area contributed by atoms with Crippen LogP contribution < -0.4 is 16.0 Å². The Balaban J connectivity index is 2.00. The molecule has 6 nitrogen and oxygen atoms in total. The van der Waals surface area contributed by atoms with Gasteiger partial charge in [0.25, 0.3) is 0 Å². The van der Waals surface area contributed by atoms with Gasteiger partial charge in [0.1, 0.15) is 0 Å². The lowest BCUT2D eigenvalue weighted by molar-refractivity contribution is -0.121. The predicted molar refractivity (Wildman–Crippen MR) is 74.9 cm³/mol. The lowest BCUT2D eigenvalue weighted by atomic mass is 9.93. The van der Waals surface area contributed by atoms with Crippen LogP contribution in [0.2, 0.25) is 0 Å². The molecule has 0 aromatic heterocycles. The lowest BCUT2D eigenvalue weighted by Gasteiger charge is -2.22. The zero-order valence-electron chi connectivity index (χ0n) is 12.0. The number of rotatable bonds is 6. The number of nitrogens with zero attached hydrogens (tertiary/aromatic N) is 1. The molecule has 19 heavy (non-hydrogen) atoms. The second-order valence-electron chi connectivity index (χ2n) is 5.21. The normalized spacial score (nSPS) is 15.9. The van der Waals surface area contributed by atoms with Gasteiger partial charge in [0.15, 0.2) is 0 Å². The summed E-state index contributed by atoms with van der Waals surface area (Å²) in [5, 5.41) is 8.85. The number of amides is 3. The summed E-state index contributed by atoms with van der Waals surface area (Å²) in [7, 11) is 3.37. The minimum atomic E-state index is -0.135. The van der Waals surface area contributed by atoms with Gasteiger partial charge in [-0.15, -0.1) is 0 Å².